The van der Waals surface area contributed by atoms with E-state index in [0.717, 1.165) is 22.7 Å². The molecular formula is C19H26ClNO3S2. The lowest BCUT2D eigenvalue weighted by atomic mass is 9.90. The Balaban J connectivity index is 0.000000791. The lowest BCUT2D eigenvalue weighted by Crippen LogP contribution is -2.07. The minimum Gasteiger partial charge on any atom is -0.307 e. The fourth-order valence-electron chi connectivity index (χ4n) is 2.90. The summed E-state index contributed by atoms with van der Waals surface area (Å²) in [7, 11) is -3.56. The molecule has 0 amide bonds. The van der Waals surface area contributed by atoms with Crippen LogP contribution in [0.1, 0.15) is 61.8 Å². The van der Waals surface area contributed by atoms with Gasteiger partial charge in [-0.25, -0.2) is 13.4 Å². The van der Waals surface area contributed by atoms with Crippen LogP contribution in [0.25, 0.3) is 0 Å². The number of carbonyl (C=O) groups is 1. The van der Waals surface area contributed by atoms with Crippen molar-refractivity contribution < 1.29 is 13.2 Å². The van der Waals surface area contributed by atoms with Gasteiger partial charge < -0.3 is 4.79 Å². The molecule has 0 spiro atoms. The molecule has 1 aromatic carbocycles. The predicted molar refractivity (Wildman–Crippen MR) is 108 cm³/mol. The van der Waals surface area contributed by atoms with E-state index in [4.69, 9.17) is 16.4 Å². The van der Waals surface area contributed by atoms with Crippen LogP contribution in [0.15, 0.2) is 34.2 Å². The summed E-state index contributed by atoms with van der Waals surface area (Å²) in [4.78, 5) is 13.5. The molecule has 4 nitrogen and oxygen atoms in total. The molecule has 7 heteroatoms. The zero-order valence-corrected chi connectivity index (χ0v) is 17.9. The number of benzene rings is 1. The summed E-state index contributed by atoms with van der Waals surface area (Å²) in [6.07, 6.45) is 5.93. The van der Waals surface area contributed by atoms with Gasteiger partial charge in [0.05, 0.1) is 9.90 Å². The number of aryl methyl sites for hydroxylation is 1. The minimum absolute atomic E-state index is 0.209. The van der Waals surface area contributed by atoms with Crippen LogP contribution < -0.4 is 0 Å². The van der Waals surface area contributed by atoms with E-state index in [-0.39, 0.29) is 9.92 Å². The monoisotopic (exact) mass is 415 g/mol. The summed E-state index contributed by atoms with van der Waals surface area (Å²) in [5.41, 5.74) is 0. The number of carbonyl (C=O) groups excluding carboxylic acids is 1. The predicted octanol–water partition coefficient (Wildman–Crippen LogP) is 5.83. The Hall–Kier alpha value is -1.24. The van der Waals surface area contributed by atoms with E-state index in [1.54, 1.807) is 12.1 Å². The van der Waals surface area contributed by atoms with E-state index >= 15 is 0 Å². The van der Waals surface area contributed by atoms with Crippen molar-refractivity contribution in [2.45, 2.75) is 68.7 Å². The molecule has 1 saturated carbocycles. The second-order valence-corrected chi connectivity index (χ2v) is 9.24. The van der Waals surface area contributed by atoms with Crippen molar-refractivity contribution in [3.05, 3.63) is 39.2 Å². The van der Waals surface area contributed by atoms with E-state index in [2.05, 4.69) is 4.98 Å². The van der Waals surface area contributed by atoms with Crippen molar-refractivity contribution in [2.75, 3.05) is 0 Å². The number of aromatic nitrogens is 1. The van der Waals surface area contributed by atoms with Crippen LogP contribution in [0.5, 0.6) is 0 Å². The van der Waals surface area contributed by atoms with Crippen LogP contribution in [-0.2, 0) is 14.6 Å². The zero-order valence-electron chi connectivity index (χ0n) is 15.5. The highest BCUT2D eigenvalue weighted by molar-refractivity contribution is 7.91. The Morgan fingerprint density at radius 1 is 1.08 bits per heavy atom. The molecule has 1 aromatic heterocycles. The van der Waals surface area contributed by atoms with Crippen LogP contribution in [0.3, 0.4) is 0 Å². The van der Waals surface area contributed by atoms with Crippen LogP contribution in [0, 0.1) is 6.92 Å². The largest absolute Gasteiger partial charge is 0.307 e. The smallest absolute Gasteiger partial charge is 0.224 e. The van der Waals surface area contributed by atoms with Gasteiger partial charge in [0.15, 0.2) is 5.03 Å². The van der Waals surface area contributed by atoms with Gasteiger partial charge in [-0.3, -0.25) is 0 Å². The van der Waals surface area contributed by atoms with Gasteiger partial charge in [0.1, 0.15) is 6.79 Å². The molecule has 0 atom stereocenters. The summed E-state index contributed by atoms with van der Waals surface area (Å²) in [6.45, 7) is 7.84. The SMILES string of the molecule is C=O.CC.Cc1sc(C2CCCCC2)nc1S(=O)(=O)c1ccc(Cl)cc1. The molecule has 0 aliphatic heterocycles. The van der Waals surface area contributed by atoms with Crippen molar-refractivity contribution in [2.24, 2.45) is 0 Å². The third kappa shape index (κ3) is 5.38. The molecule has 0 unspecified atom stereocenters. The molecule has 1 aliphatic carbocycles. The van der Waals surface area contributed by atoms with Crippen LogP contribution >= 0.6 is 22.9 Å². The zero-order chi connectivity index (χ0) is 19.7. The van der Waals surface area contributed by atoms with E-state index in [0.29, 0.717) is 10.9 Å². The topological polar surface area (TPSA) is 64.1 Å². The number of halogens is 1. The number of hydrogen-bond donors (Lipinski definition) is 0. The molecule has 144 valence electrons. The fraction of sp³-hybridized carbons (Fsp3) is 0.474. The van der Waals surface area contributed by atoms with E-state index < -0.39 is 9.84 Å². The van der Waals surface area contributed by atoms with E-state index in [1.807, 2.05) is 27.6 Å². The van der Waals surface area contributed by atoms with Crippen molar-refractivity contribution in [1.29, 1.82) is 0 Å². The molecule has 1 heterocycles. The molecule has 1 aliphatic rings. The maximum atomic E-state index is 12.8. The molecule has 26 heavy (non-hydrogen) atoms. The van der Waals surface area contributed by atoms with Gasteiger partial charge in [-0.05, 0) is 44.0 Å². The lowest BCUT2D eigenvalue weighted by molar-refractivity contribution is -0.0979. The number of rotatable bonds is 3. The van der Waals surface area contributed by atoms with Gasteiger partial charge in [-0.1, -0.05) is 44.7 Å². The first kappa shape index (κ1) is 22.8. The summed E-state index contributed by atoms with van der Waals surface area (Å²) >= 11 is 7.37. The highest BCUT2D eigenvalue weighted by atomic mass is 35.5. The molecule has 0 N–H and O–H groups in total. The van der Waals surface area contributed by atoms with Crippen molar-refractivity contribution in [1.82, 2.24) is 4.98 Å². The third-order valence-corrected chi connectivity index (χ3v) is 7.42. The average Bonchev–Trinajstić information content (AvgIpc) is 3.09. The number of hydrogen-bond acceptors (Lipinski definition) is 5. The van der Waals surface area contributed by atoms with Gasteiger partial charge in [0.25, 0.3) is 0 Å². The average molecular weight is 416 g/mol. The maximum Gasteiger partial charge on any atom is 0.224 e. The highest BCUT2D eigenvalue weighted by Crippen LogP contribution is 2.37. The van der Waals surface area contributed by atoms with Crippen LogP contribution in [-0.4, -0.2) is 20.2 Å². The normalized spacial score (nSPS) is 14.6. The Bertz CT molecular complexity index is 780. The van der Waals surface area contributed by atoms with Gasteiger partial charge in [0.2, 0.25) is 9.84 Å². The molecule has 1 fully saturated rings. The standard InChI is InChI=1S/C16H18ClNO2S2.C2H6.CH2O/c1-11-16(18-15(21-11)12-5-3-2-4-6-12)22(19,20)14-9-7-13(17)8-10-14;2*1-2/h7-10,12H,2-6H2,1H3;1-2H3;1H2. The maximum absolute atomic E-state index is 12.8. The molecule has 0 radical (unpaired) electrons. The van der Waals surface area contributed by atoms with Crippen molar-refractivity contribution in [3.63, 3.8) is 0 Å². The quantitative estimate of drug-likeness (QED) is 0.632. The number of thiazole rings is 1. The second-order valence-electron chi connectivity index (χ2n) is 5.71. The lowest BCUT2D eigenvalue weighted by Gasteiger charge is -2.18. The highest BCUT2D eigenvalue weighted by Gasteiger charge is 2.27. The van der Waals surface area contributed by atoms with Gasteiger partial charge >= 0.3 is 0 Å². The molecule has 3 rings (SSSR count). The second kappa shape index (κ2) is 10.8. The van der Waals surface area contributed by atoms with Crippen molar-refractivity contribution in [3.8, 4) is 0 Å². The number of nitrogens with zero attached hydrogens (tertiary/aromatic N) is 1. The summed E-state index contributed by atoms with van der Waals surface area (Å²) in [5, 5.41) is 1.71. The van der Waals surface area contributed by atoms with Gasteiger partial charge in [0, 0.05) is 15.8 Å². The Morgan fingerprint density at radius 2 is 1.62 bits per heavy atom. The van der Waals surface area contributed by atoms with Gasteiger partial charge in [-0.15, -0.1) is 11.3 Å². The first-order chi connectivity index (χ1) is 12.5. The van der Waals surface area contributed by atoms with Crippen molar-refractivity contribution >= 4 is 39.6 Å². The Kier molecular flexibility index (Phi) is 9.47. The minimum atomic E-state index is -3.56. The Labute approximate surface area is 165 Å². The molecule has 0 saturated heterocycles. The van der Waals surface area contributed by atoms with Crippen LogP contribution in [0.4, 0.5) is 0 Å². The molecule has 2 aromatic rings. The molecular weight excluding hydrogens is 390 g/mol. The molecule has 0 bridgehead atoms. The summed E-state index contributed by atoms with van der Waals surface area (Å²) in [6, 6.07) is 6.27. The Morgan fingerprint density at radius 3 is 2.15 bits per heavy atom. The van der Waals surface area contributed by atoms with Crippen LogP contribution in [0.2, 0.25) is 5.02 Å². The summed E-state index contributed by atoms with van der Waals surface area (Å²) < 4.78 is 25.5. The van der Waals surface area contributed by atoms with Gasteiger partial charge in [-0.2, -0.15) is 0 Å². The van der Waals surface area contributed by atoms with E-state index in [9.17, 15) is 8.42 Å². The summed E-state index contributed by atoms with van der Waals surface area (Å²) in [5.74, 6) is 0.423. The third-order valence-electron chi connectivity index (χ3n) is 4.10. The van der Waals surface area contributed by atoms with E-state index in [1.165, 1.54) is 42.7 Å². The first-order valence-electron chi connectivity index (χ1n) is 8.75. The first-order valence-corrected chi connectivity index (χ1v) is 11.4. The fourth-order valence-corrected chi connectivity index (χ4v) is 5.84. The number of sulfone groups is 1.